The monoisotopic (exact) mass is 397 g/mol. The Labute approximate surface area is 172 Å². The maximum Gasteiger partial charge on any atom is 0.126 e. The van der Waals surface area contributed by atoms with Gasteiger partial charge in [-0.25, -0.2) is 0 Å². The van der Waals surface area contributed by atoms with E-state index in [1.165, 1.54) is 27.1 Å². The second-order valence-electron chi connectivity index (χ2n) is 7.25. The van der Waals surface area contributed by atoms with Crippen LogP contribution in [0.3, 0.4) is 0 Å². The molecule has 1 aliphatic heterocycles. The molecule has 0 atom stereocenters. The Bertz CT molecular complexity index is 854. The summed E-state index contributed by atoms with van der Waals surface area (Å²) in [6, 6.07) is 6.51. The number of benzene rings is 1. The van der Waals surface area contributed by atoms with Crippen molar-refractivity contribution in [2.75, 3.05) is 25.0 Å². The highest BCUT2D eigenvalue weighted by molar-refractivity contribution is 7.11. The zero-order valence-corrected chi connectivity index (χ0v) is 18.0. The van der Waals surface area contributed by atoms with Gasteiger partial charge in [-0.15, -0.1) is 11.3 Å². The normalized spacial score (nSPS) is 15.2. The molecule has 5 heteroatoms. The second-order valence-corrected chi connectivity index (χ2v) is 8.17. The Balaban J connectivity index is 1.47. The molecule has 0 saturated heterocycles. The van der Waals surface area contributed by atoms with Crippen LogP contribution in [0.2, 0.25) is 0 Å². The Morgan fingerprint density at radius 1 is 1.29 bits per heavy atom. The van der Waals surface area contributed by atoms with E-state index in [0.717, 1.165) is 56.2 Å². The fraction of sp³-hybridized carbons (Fsp3) is 0.435. The topological polar surface area (TPSA) is 45.7 Å². The van der Waals surface area contributed by atoms with Gasteiger partial charge in [-0.3, -0.25) is 4.99 Å². The molecule has 1 aromatic carbocycles. The first kappa shape index (κ1) is 20.6. The molecule has 0 fully saturated rings. The SMILES string of the molecule is C=C1CCC(=NCCCNCc2cc(C)cc(C)c2OCC)Nc2ccsc21. The molecule has 2 heterocycles. The average molecular weight is 398 g/mol. The summed E-state index contributed by atoms with van der Waals surface area (Å²) in [5, 5.41) is 9.14. The molecule has 0 saturated carbocycles. The number of fused-ring (bicyclic) bond motifs is 1. The Kier molecular flexibility index (Phi) is 7.29. The lowest BCUT2D eigenvalue weighted by Gasteiger charge is -2.15. The van der Waals surface area contributed by atoms with Gasteiger partial charge in [0, 0.05) is 25.1 Å². The smallest absolute Gasteiger partial charge is 0.126 e. The number of allylic oxidation sites excluding steroid dienone is 1. The summed E-state index contributed by atoms with van der Waals surface area (Å²) in [6.07, 6.45) is 2.93. The third-order valence-corrected chi connectivity index (χ3v) is 5.86. The predicted molar refractivity (Wildman–Crippen MR) is 122 cm³/mol. The van der Waals surface area contributed by atoms with Crippen LogP contribution in [0.25, 0.3) is 5.57 Å². The van der Waals surface area contributed by atoms with E-state index in [1.54, 1.807) is 11.3 Å². The van der Waals surface area contributed by atoms with E-state index >= 15 is 0 Å². The van der Waals surface area contributed by atoms with Gasteiger partial charge in [0.2, 0.25) is 0 Å². The number of nitrogens with one attached hydrogen (secondary N) is 2. The van der Waals surface area contributed by atoms with Crippen molar-refractivity contribution in [2.45, 2.75) is 46.6 Å². The fourth-order valence-electron chi connectivity index (χ4n) is 3.57. The van der Waals surface area contributed by atoms with Crippen molar-refractivity contribution in [1.29, 1.82) is 0 Å². The number of hydrogen-bond donors (Lipinski definition) is 2. The standard InChI is InChI=1S/C23H31N3OS/c1-5-27-22-18(4)13-16(2)14-19(22)15-24-10-6-11-25-21-8-7-17(3)23-20(26-21)9-12-28-23/h9,12-14,24H,3,5-8,10-11,15H2,1-2,4H3,(H,25,26). The summed E-state index contributed by atoms with van der Waals surface area (Å²) in [5.41, 5.74) is 6.09. The third kappa shape index (κ3) is 5.24. The molecule has 1 aromatic heterocycles. The van der Waals surface area contributed by atoms with Crippen LogP contribution in [0.15, 0.2) is 35.2 Å². The maximum absolute atomic E-state index is 5.85. The molecule has 28 heavy (non-hydrogen) atoms. The average Bonchev–Trinajstić information content (AvgIpc) is 3.07. The lowest BCUT2D eigenvalue weighted by atomic mass is 10.1. The fourth-order valence-corrected chi connectivity index (χ4v) is 4.42. The summed E-state index contributed by atoms with van der Waals surface area (Å²) in [6.45, 7) is 13.8. The number of amidine groups is 1. The van der Waals surface area contributed by atoms with E-state index < -0.39 is 0 Å². The zero-order chi connectivity index (χ0) is 19.9. The number of ether oxygens (including phenoxy) is 1. The van der Waals surface area contributed by atoms with Gasteiger partial charge in [0.25, 0.3) is 0 Å². The van der Waals surface area contributed by atoms with Crippen LogP contribution in [-0.2, 0) is 6.54 Å². The number of nitrogens with zero attached hydrogens (tertiary/aromatic N) is 1. The number of aliphatic imine (C=N–C) groups is 1. The van der Waals surface area contributed by atoms with Gasteiger partial charge < -0.3 is 15.4 Å². The van der Waals surface area contributed by atoms with Crippen molar-refractivity contribution in [2.24, 2.45) is 4.99 Å². The quantitative estimate of drug-likeness (QED) is 0.573. The van der Waals surface area contributed by atoms with Gasteiger partial charge in [0.15, 0.2) is 0 Å². The van der Waals surface area contributed by atoms with Crippen LogP contribution in [0, 0.1) is 13.8 Å². The third-order valence-electron chi connectivity index (χ3n) is 4.84. The lowest BCUT2D eigenvalue weighted by Crippen LogP contribution is -2.17. The minimum atomic E-state index is 0.694. The van der Waals surface area contributed by atoms with Gasteiger partial charge in [0.05, 0.1) is 17.2 Å². The molecule has 1 aliphatic rings. The summed E-state index contributed by atoms with van der Waals surface area (Å²) in [7, 11) is 0. The highest BCUT2D eigenvalue weighted by atomic mass is 32.1. The van der Waals surface area contributed by atoms with Crippen LogP contribution < -0.4 is 15.4 Å². The van der Waals surface area contributed by atoms with Gasteiger partial charge >= 0.3 is 0 Å². The summed E-state index contributed by atoms with van der Waals surface area (Å²) in [5.74, 6) is 2.10. The predicted octanol–water partition coefficient (Wildman–Crippen LogP) is 5.56. The van der Waals surface area contributed by atoms with E-state index in [2.05, 4.69) is 54.6 Å². The molecule has 4 nitrogen and oxygen atoms in total. The number of rotatable bonds is 8. The molecular weight excluding hydrogens is 366 g/mol. The first-order valence-corrected chi connectivity index (χ1v) is 11.0. The largest absolute Gasteiger partial charge is 0.493 e. The van der Waals surface area contributed by atoms with Gasteiger partial charge in [-0.2, -0.15) is 0 Å². The number of thiophene rings is 1. The maximum atomic E-state index is 5.85. The first-order chi connectivity index (χ1) is 13.6. The van der Waals surface area contributed by atoms with Crippen molar-refractivity contribution < 1.29 is 4.74 Å². The van der Waals surface area contributed by atoms with Crippen LogP contribution in [0.1, 0.15) is 47.8 Å². The summed E-state index contributed by atoms with van der Waals surface area (Å²) >= 11 is 1.75. The molecule has 0 amide bonds. The first-order valence-electron chi connectivity index (χ1n) is 10.1. The van der Waals surface area contributed by atoms with Crippen molar-refractivity contribution in [3.63, 3.8) is 0 Å². The van der Waals surface area contributed by atoms with Crippen LogP contribution >= 0.6 is 11.3 Å². The van der Waals surface area contributed by atoms with Gasteiger partial charge in [-0.1, -0.05) is 24.3 Å². The van der Waals surface area contributed by atoms with E-state index in [9.17, 15) is 0 Å². The van der Waals surface area contributed by atoms with Crippen LogP contribution in [-0.4, -0.2) is 25.5 Å². The molecule has 0 spiro atoms. The highest BCUT2D eigenvalue weighted by Gasteiger charge is 2.15. The molecule has 0 aliphatic carbocycles. The van der Waals surface area contributed by atoms with Crippen molar-refractivity contribution >= 4 is 28.4 Å². The number of anilines is 1. The summed E-state index contributed by atoms with van der Waals surface area (Å²) < 4.78 is 5.85. The van der Waals surface area contributed by atoms with Crippen molar-refractivity contribution in [3.8, 4) is 5.75 Å². The Hall–Kier alpha value is -2.11. The zero-order valence-electron chi connectivity index (χ0n) is 17.2. The van der Waals surface area contributed by atoms with Crippen molar-refractivity contribution in [1.82, 2.24) is 5.32 Å². The van der Waals surface area contributed by atoms with E-state index in [1.807, 2.05) is 6.92 Å². The van der Waals surface area contributed by atoms with Crippen LogP contribution in [0.5, 0.6) is 5.75 Å². The van der Waals surface area contributed by atoms with E-state index in [0.29, 0.717) is 6.61 Å². The molecule has 3 rings (SSSR count). The highest BCUT2D eigenvalue weighted by Crippen LogP contribution is 2.34. The summed E-state index contributed by atoms with van der Waals surface area (Å²) in [4.78, 5) is 6.05. The Morgan fingerprint density at radius 3 is 2.96 bits per heavy atom. The minimum absolute atomic E-state index is 0.694. The van der Waals surface area contributed by atoms with Gasteiger partial charge in [-0.05, 0) is 62.7 Å². The molecule has 2 N–H and O–H groups in total. The lowest BCUT2D eigenvalue weighted by molar-refractivity contribution is 0.333. The number of aryl methyl sites for hydroxylation is 2. The molecule has 150 valence electrons. The number of hydrogen-bond acceptors (Lipinski definition) is 4. The van der Waals surface area contributed by atoms with Crippen molar-refractivity contribution in [3.05, 3.63) is 51.7 Å². The van der Waals surface area contributed by atoms with E-state index in [4.69, 9.17) is 9.73 Å². The van der Waals surface area contributed by atoms with E-state index in [-0.39, 0.29) is 0 Å². The molecule has 0 radical (unpaired) electrons. The second kappa shape index (κ2) is 9.89. The Morgan fingerprint density at radius 2 is 2.14 bits per heavy atom. The minimum Gasteiger partial charge on any atom is -0.493 e. The van der Waals surface area contributed by atoms with Gasteiger partial charge in [0.1, 0.15) is 11.6 Å². The molecular formula is C23H31N3OS. The molecule has 2 aromatic rings. The molecule has 0 unspecified atom stereocenters. The molecule has 0 bridgehead atoms. The van der Waals surface area contributed by atoms with Crippen LogP contribution in [0.4, 0.5) is 5.69 Å².